The van der Waals surface area contributed by atoms with E-state index in [4.69, 9.17) is 9.47 Å². The second-order valence-electron chi connectivity index (χ2n) is 13.0. The first-order valence-electron chi connectivity index (χ1n) is 15.3. The number of carbonyl (C=O) groups excluding carboxylic acids is 1. The Kier molecular flexibility index (Phi) is 9.69. The molecular formula is C30H44FN7O6S. The van der Waals surface area contributed by atoms with Crippen molar-refractivity contribution in [2.24, 2.45) is 5.41 Å². The number of carbonyl (C=O) groups is 1. The van der Waals surface area contributed by atoms with Crippen molar-refractivity contribution in [2.45, 2.75) is 57.4 Å². The number of aliphatic hydroxyl groups is 1. The summed E-state index contributed by atoms with van der Waals surface area (Å²) in [6, 6.07) is 3.45. The third-order valence-electron chi connectivity index (χ3n) is 9.12. The molecule has 2 N–H and O–H groups in total. The van der Waals surface area contributed by atoms with Crippen LogP contribution >= 0.6 is 0 Å². The summed E-state index contributed by atoms with van der Waals surface area (Å²) in [5.74, 6) is -0.943. The summed E-state index contributed by atoms with van der Waals surface area (Å²) in [5, 5.41) is 11.1. The number of halogens is 1. The monoisotopic (exact) mass is 649 g/mol. The molecule has 1 aromatic heterocycles. The van der Waals surface area contributed by atoms with Gasteiger partial charge >= 0.3 is 0 Å². The van der Waals surface area contributed by atoms with Crippen molar-refractivity contribution in [3.05, 3.63) is 42.1 Å². The fraction of sp³-hybridized carbons (Fsp3) is 0.633. The number of benzene rings is 1. The van der Waals surface area contributed by atoms with Crippen molar-refractivity contribution in [2.75, 3.05) is 65.4 Å². The van der Waals surface area contributed by atoms with Gasteiger partial charge in [-0.25, -0.2) is 14.4 Å². The van der Waals surface area contributed by atoms with E-state index in [9.17, 15) is 22.7 Å². The van der Waals surface area contributed by atoms with Gasteiger partial charge in [-0.05, 0) is 64.4 Å². The normalized spacial score (nSPS) is 23.8. The lowest BCUT2D eigenvalue weighted by atomic mass is 9.72. The Morgan fingerprint density at radius 1 is 1.20 bits per heavy atom. The summed E-state index contributed by atoms with van der Waals surface area (Å²) >= 11 is 0. The summed E-state index contributed by atoms with van der Waals surface area (Å²) in [7, 11) is 1.03. The van der Waals surface area contributed by atoms with Gasteiger partial charge in [-0.1, -0.05) is 0 Å². The molecule has 3 fully saturated rings. The molecule has 5 rings (SSSR count). The maximum atomic E-state index is 14.2. The molecule has 13 nitrogen and oxygen atoms in total. The van der Waals surface area contributed by atoms with Crippen LogP contribution in [0.5, 0.6) is 11.5 Å². The standard InChI is InChI=1S/C30H44FN7O6S/c1-21(2)36(5)28(39)24-14-22(31)6-7-25(24)44-26-15-32-20-33-27(26)38-17-29(18-38)10-12-37(13-11-29)19-30(40)9-8-23(16-43-30)34-45(41,42)35(3)4/h6-7,14-15,20-21,23,34,40H,8-13,16-19H2,1-5H3/t23-,30-/m1/s1. The van der Waals surface area contributed by atoms with E-state index in [-0.39, 0.29) is 41.3 Å². The molecule has 3 aliphatic heterocycles. The van der Waals surface area contributed by atoms with Gasteiger partial charge in [-0.2, -0.15) is 17.4 Å². The number of rotatable bonds is 10. The van der Waals surface area contributed by atoms with Crippen molar-refractivity contribution < 1.29 is 32.2 Å². The highest BCUT2D eigenvalue weighted by molar-refractivity contribution is 7.87. The van der Waals surface area contributed by atoms with Gasteiger partial charge in [-0.3, -0.25) is 9.69 Å². The average molecular weight is 650 g/mol. The molecule has 3 aliphatic rings. The Morgan fingerprint density at radius 2 is 1.91 bits per heavy atom. The topological polar surface area (TPSA) is 141 Å². The highest BCUT2D eigenvalue weighted by Gasteiger charge is 2.47. The van der Waals surface area contributed by atoms with Gasteiger partial charge < -0.3 is 24.4 Å². The SMILES string of the molecule is CC(C)N(C)C(=O)c1cc(F)ccc1Oc1cncnc1N1CC2(CCN(C[C@@]3(O)CC[C@@H](NS(=O)(=O)N(C)C)CO3)CC2)C1. The molecule has 3 saturated heterocycles. The molecule has 15 heteroatoms. The quantitative estimate of drug-likeness (QED) is 0.393. The van der Waals surface area contributed by atoms with Gasteiger partial charge in [0, 0.05) is 58.2 Å². The van der Waals surface area contributed by atoms with Crippen molar-refractivity contribution in [3.63, 3.8) is 0 Å². The van der Waals surface area contributed by atoms with Crippen molar-refractivity contribution in [3.8, 4) is 11.5 Å². The van der Waals surface area contributed by atoms with E-state index >= 15 is 0 Å². The fourth-order valence-electron chi connectivity index (χ4n) is 6.03. The zero-order chi connectivity index (χ0) is 32.6. The van der Waals surface area contributed by atoms with E-state index in [0.29, 0.717) is 31.0 Å². The average Bonchev–Trinajstić information content (AvgIpc) is 2.98. The van der Waals surface area contributed by atoms with Crippen LogP contribution in [0.15, 0.2) is 30.7 Å². The molecule has 248 valence electrons. The molecule has 0 radical (unpaired) electrons. The van der Waals surface area contributed by atoms with Gasteiger partial charge in [0.25, 0.3) is 16.1 Å². The largest absolute Gasteiger partial charge is 0.451 e. The highest BCUT2D eigenvalue weighted by atomic mass is 32.2. The maximum Gasteiger partial charge on any atom is 0.279 e. The Bertz CT molecular complexity index is 1470. The fourth-order valence-corrected chi connectivity index (χ4v) is 6.85. The molecular weight excluding hydrogens is 605 g/mol. The van der Waals surface area contributed by atoms with Crippen LogP contribution in [-0.4, -0.2) is 122 Å². The summed E-state index contributed by atoms with van der Waals surface area (Å²) in [5.41, 5.74) is 0.226. The van der Waals surface area contributed by atoms with Gasteiger partial charge in [0.15, 0.2) is 17.4 Å². The van der Waals surface area contributed by atoms with Crippen LogP contribution in [0.2, 0.25) is 0 Å². The van der Waals surface area contributed by atoms with Crippen molar-refractivity contribution in [1.29, 1.82) is 0 Å². The van der Waals surface area contributed by atoms with E-state index in [0.717, 1.165) is 43.3 Å². The zero-order valence-electron chi connectivity index (χ0n) is 26.6. The van der Waals surface area contributed by atoms with Crippen molar-refractivity contribution >= 4 is 21.9 Å². The Morgan fingerprint density at radius 3 is 2.53 bits per heavy atom. The van der Waals surface area contributed by atoms with Crippen LogP contribution in [0.25, 0.3) is 0 Å². The van der Waals surface area contributed by atoms with E-state index in [1.807, 2.05) is 13.8 Å². The lowest BCUT2D eigenvalue weighted by molar-refractivity contribution is -0.239. The molecule has 0 aliphatic carbocycles. The molecule has 1 amide bonds. The minimum atomic E-state index is -3.57. The Balaban J connectivity index is 1.16. The first-order valence-corrected chi connectivity index (χ1v) is 16.7. The number of aromatic nitrogens is 2. The van der Waals surface area contributed by atoms with E-state index in [1.54, 1.807) is 13.2 Å². The number of nitrogens with one attached hydrogen (secondary N) is 1. The highest BCUT2D eigenvalue weighted by Crippen LogP contribution is 2.45. The third-order valence-corrected chi connectivity index (χ3v) is 10.7. The number of hydrogen-bond donors (Lipinski definition) is 2. The van der Waals surface area contributed by atoms with Crippen LogP contribution in [0.4, 0.5) is 10.2 Å². The minimum Gasteiger partial charge on any atom is -0.451 e. The molecule has 1 aromatic carbocycles. The summed E-state index contributed by atoms with van der Waals surface area (Å²) in [4.78, 5) is 27.6. The predicted molar refractivity (Wildman–Crippen MR) is 166 cm³/mol. The summed E-state index contributed by atoms with van der Waals surface area (Å²) in [6.45, 7) is 7.39. The molecule has 4 heterocycles. The number of likely N-dealkylation sites (tertiary alicyclic amines) is 1. The third kappa shape index (κ3) is 7.55. The Hall–Kier alpha value is -2.95. The predicted octanol–water partition coefficient (Wildman–Crippen LogP) is 2.05. The molecule has 0 bridgehead atoms. The van der Waals surface area contributed by atoms with Crippen LogP contribution in [0, 0.1) is 11.2 Å². The molecule has 1 spiro atoms. The first kappa shape index (κ1) is 33.4. The number of anilines is 1. The zero-order valence-corrected chi connectivity index (χ0v) is 27.4. The second-order valence-corrected chi connectivity index (χ2v) is 14.9. The number of ether oxygens (including phenoxy) is 2. The summed E-state index contributed by atoms with van der Waals surface area (Å²) in [6.07, 6.45) is 5.71. The lowest BCUT2D eigenvalue weighted by Crippen LogP contribution is -2.62. The number of β-amino-alcohol motifs (C(OH)–C–C–N with tert-alkyl or cyclic N) is 1. The van der Waals surface area contributed by atoms with Gasteiger partial charge in [0.05, 0.1) is 24.9 Å². The Labute approximate surface area is 264 Å². The smallest absolute Gasteiger partial charge is 0.279 e. The molecule has 2 aromatic rings. The second kappa shape index (κ2) is 13.0. The lowest BCUT2D eigenvalue weighted by Gasteiger charge is -2.55. The van der Waals surface area contributed by atoms with Crippen LogP contribution in [0.1, 0.15) is 49.9 Å². The van der Waals surface area contributed by atoms with Gasteiger partial charge in [0.1, 0.15) is 17.9 Å². The summed E-state index contributed by atoms with van der Waals surface area (Å²) < 4.78 is 54.1. The molecule has 0 saturated carbocycles. The van der Waals surface area contributed by atoms with Crippen LogP contribution in [-0.2, 0) is 14.9 Å². The van der Waals surface area contributed by atoms with Crippen molar-refractivity contribution in [1.82, 2.24) is 28.8 Å². The number of piperidine rings is 1. The maximum absolute atomic E-state index is 14.2. The number of nitrogens with zero attached hydrogens (tertiary/aromatic N) is 6. The van der Waals surface area contributed by atoms with E-state index in [2.05, 4.69) is 24.5 Å². The minimum absolute atomic E-state index is 0.0742. The molecule has 2 atom stereocenters. The van der Waals surface area contributed by atoms with Gasteiger partial charge in [0.2, 0.25) is 0 Å². The van der Waals surface area contributed by atoms with Crippen LogP contribution < -0.4 is 14.4 Å². The van der Waals surface area contributed by atoms with Crippen LogP contribution in [0.3, 0.4) is 0 Å². The molecule has 0 unspecified atom stereocenters. The van der Waals surface area contributed by atoms with E-state index in [1.165, 1.54) is 43.5 Å². The molecule has 45 heavy (non-hydrogen) atoms. The van der Waals surface area contributed by atoms with Gasteiger partial charge in [-0.15, -0.1) is 0 Å². The first-order chi connectivity index (χ1) is 21.2. The number of hydrogen-bond acceptors (Lipinski definition) is 10. The number of amides is 1. The van der Waals surface area contributed by atoms with E-state index < -0.39 is 21.8 Å².